The molecule has 0 aliphatic rings. The van der Waals surface area contributed by atoms with Gasteiger partial charge in [-0.2, -0.15) is 0 Å². The van der Waals surface area contributed by atoms with E-state index in [9.17, 15) is 9.59 Å². The number of anilines is 1. The summed E-state index contributed by atoms with van der Waals surface area (Å²) in [6.07, 6.45) is 0.891. The highest BCUT2D eigenvalue weighted by molar-refractivity contribution is 6.13. The van der Waals surface area contributed by atoms with Crippen molar-refractivity contribution in [2.75, 3.05) is 5.32 Å². The number of hydrogen-bond donors (Lipinski definition) is 1. The minimum absolute atomic E-state index is 0.186. The molecule has 24 heavy (non-hydrogen) atoms. The van der Waals surface area contributed by atoms with E-state index in [1.165, 1.54) is 6.92 Å². The van der Waals surface area contributed by atoms with Crippen LogP contribution in [0.15, 0.2) is 50.0 Å². The predicted octanol–water partition coefficient (Wildman–Crippen LogP) is 4.21. The zero-order valence-corrected chi connectivity index (χ0v) is 13.3. The number of nitrogens with one attached hydrogen (secondary N) is 1. The van der Waals surface area contributed by atoms with Crippen LogP contribution in [0, 0.1) is 0 Å². The van der Waals surface area contributed by atoms with Crippen LogP contribution in [0.25, 0.3) is 32.9 Å². The van der Waals surface area contributed by atoms with Crippen LogP contribution in [0.4, 0.5) is 5.69 Å². The van der Waals surface area contributed by atoms with Crippen LogP contribution < -0.4 is 10.9 Å². The van der Waals surface area contributed by atoms with Crippen LogP contribution in [-0.4, -0.2) is 5.91 Å². The van der Waals surface area contributed by atoms with Crippen LogP contribution in [0.2, 0.25) is 0 Å². The molecule has 0 atom stereocenters. The van der Waals surface area contributed by atoms with Crippen LogP contribution in [0.1, 0.15) is 19.4 Å². The number of carbonyl (C=O) groups is 1. The largest absolute Gasteiger partial charge is 0.455 e. The number of rotatable bonds is 2. The standard InChI is InChI=1S/C19H15NO4/c1-3-11-4-6-13-15(8-11)23-18-14-7-5-12(20-10(2)21)9-16(14)24-19(22)17(13)18/h4-9H,3H2,1-2H3,(H,20,21). The van der Waals surface area contributed by atoms with Gasteiger partial charge in [0.05, 0.1) is 5.39 Å². The first-order chi connectivity index (χ1) is 11.6. The van der Waals surface area contributed by atoms with Crippen LogP contribution in [-0.2, 0) is 11.2 Å². The number of benzene rings is 2. The Morgan fingerprint density at radius 1 is 1.04 bits per heavy atom. The molecular weight excluding hydrogens is 306 g/mol. The molecule has 5 heteroatoms. The third-order valence-corrected chi connectivity index (χ3v) is 4.12. The molecule has 2 aromatic carbocycles. The SMILES string of the molecule is CCc1ccc2c(c1)oc1c3ccc(NC(C)=O)cc3oc(=O)c21. The van der Waals surface area contributed by atoms with E-state index in [0.29, 0.717) is 33.2 Å². The van der Waals surface area contributed by atoms with E-state index in [0.717, 1.165) is 17.4 Å². The maximum absolute atomic E-state index is 12.4. The average Bonchev–Trinajstić information content (AvgIpc) is 2.93. The van der Waals surface area contributed by atoms with Crippen molar-refractivity contribution in [3.63, 3.8) is 0 Å². The summed E-state index contributed by atoms with van der Waals surface area (Å²) in [5.74, 6) is -0.186. The van der Waals surface area contributed by atoms with Gasteiger partial charge in [0.2, 0.25) is 5.91 Å². The molecule has 0 spiro atoms. The highest BCUT2D eigenvalue weighted by Gasteiger charge is 2.16. The highest BCUT2D eigenvalue weighted by Crippen LogP contribution is 2.33. The number of amides is 1. The zero-order chi connectivity index (χ0) is 16.8. The summed E-state index contributed by atoms with van der Waals surface area (Å²) < 4.78 is 11.4. The van der Waals surface area contributed by atoms with Gasteiger partial charge >= 0.3 is 5.63 Å². The van der Waals surface area contributed by atoms with Crippen molar-refractivity contribution in [1.29, 1.82) is 0 Å². The summed E-state index contributed by atoms with van der Waals surface area (Å²) in [6, 6.07) is 11.0. The van der Waals surface area contributed by atoms with E-state index >= 15 is 0 Å². The smallest absolute Gasteiger partial charge is 0.348 e. The minimum atomic E-state index is -0.444. The van der Waals surface area contributed by atoms with Gasteiger partial charge in [0, 0.05) is 24.1 Å². The monoisotopic (exact) mass is 321 g/mol. The molecule has 0 saturated heterocycles. The number of furan rings is 1. The van der Waals surface area contributed by atoms with Crippen molar-refractivity contribution >= 4 is 44.5 Å². The molecular formula is C19H15NO4. The lowest BCUT2D eigenvalue weighted by Gasteiger charge is -2.03. The molecule has 0 radical (unpaired) electrons. The molecule has 2 aromatic heterocycles. The highest BCUT2D eigenvalue weighted by atomic mass is 16.4. The van der Waals surface area contributed by atoms with E-state index in [2.05, 4.69) is 12.2 Å². The molecule has 0 bridgehead atoms. The Labute approximate surface area is 136 Å². The average molecular weight is 321 g/mol. The van der Waals surface area contributed by atoms with Crippen molar-refractivity contribution in [2.45, 2.75) is 20.3 Å². The quantitative estimate of drug-likeness (QED) is 0.561. The molecule has 4 aromatic rings. The lowest BCUT2D eigenvalue weighted by Crippen LogP contribution is -2.05. The fourth-order valence-electron chi connectivity index (χ4n) is 2.98. The van der Waals surface area contributed by atoms with E-state index in [1.807, 2.05) is 18.2 Å². The second kappa shape index (κ2) is 5.23. The summed E-state index contributed by atoms with van der Waals surface area (Å²) in [7, 11) is 0. The second-order valence-electron chi connectivity index (χ2n) is 5.77. The van der Waals surface area contributed by atoms with Gasteiger partial charge in [-0.15, -0.1) is 0 Å². The third-order valence-electron chi connectivity index (χ3n) is 4.12. The Morgan fingerprint density at radius 2 is 1.79 bits per heavy atom. The Morgan fingerprint density at radius 3 is 2.54 bits per heavy atom. The van der Waals surface area contributed by atoms with Crippen molar-refractivity contribution in [1.82, 2.24) is 0 Å². The van der Waals surface area contributed by atoms with Crippen LogP contribution in [0.3, 0.4) is 0 Å². The van der Waals surface area contributed by atoms with Gasteiger partial charge < -0.3 is 14.2 Å². The summed E-state index contributed by atoms with van der Waals surface area (Å²) in [5, 5.41) is 4.58. The summed E-state index contributed by atoms with van der Waals surface area (Å²) in [5.41, 5.74) is 2.84. The van der Waals surface area contributed by atoms with Gasteiger partial charge in [-0.1, -0.05) is 13.0 Å². The molecule has 120 valence electrons. The van der Waals surface area contributed by atoms with Gasteiger partial charge in [-0.3, -0.25) is 4.79 Å². The summed E-state index contributed by atoms with van der Waals surface area (Å²) in [4.78, 5) is 23.6. The van der Waals surface area contributed by atoms with Gasteiger partial charge in [0.15, 0.2) is 5.58 Å². The predicted molar refractivity (Wildman–Crippen MR) is 93.4 cm³/mol. The van der Waals surface area contributed by atoms with Gasteiger partial charge in [0.25, 0.3) is 0 Å². The van der Waals surface area contributed by atoms with Crippen LogP contribution in [0.5, 0.6) is 0 Å². The fraction of sp³-hybridized carbons (Fsp3) is 0.158. The lowest BCUT2D eigenvalue weighted by atomic mass is 10.1. The van der Waals surface area contributed by atoms with Crippen molar-refractivity contribution in [3.8, 4) is 0 Å². The first-order valence-electron chi connectivity index (χ1n) is 7.76. The number of aryl methyl sites for hydroxylation is 1. The summed E-state index contributed by atoms with van der Waals surface area (Å²) >= 11 is 0. The van der Waals surface area contributed by atoms with Crippen molar-refractivity contribution in [3.05, 3.63) is 52.4 Å². The maximum Gasteiger partial charge on any atom is 0.348 e. The lowest BCUT2D eigenvalue weighted by molar-refractivity contribution is -0.114. The second-order valence-corrected chi connectivity index (χ2v) is 5.77. The zero-order valence-electron chi connectivity index (χ0n) is 13.3. The first kappa shape index (κ1) is 14.5. The third kappa shape index (κ3) is 2.17. The molecule has 5 nitrogen and oxygen atoms in total. The molecule has 0 saturated carbocycles. The Hall–Kier alpha value is -3.08. The number of fused-ring (bicyclic) bond motifs is 5. The van der Waals surface area contributed by atoms with E-state index in [-0.39, 0.29) is 5.91 Å². The van der Waals surface area contributed by atoms with E-state index in [1.54, 1.807) is 18.2 Å². The molecule has 0 unspecified atom stereocenters. The Kier molecular flexibility index (Phi) is 3.16. The van der Waals surface area contributed by atoms with Crippen LogP contribution >= 0.6 is 0 Å². The van der Waals surface area contributed by atoms with Crippen molar-refractivity contribution < 1.29 is 13.6 Å². The summed E-state index contributed by atoms with van der Waals surface area (Å²) in [6.45, 7) is 3.49. The molecule has 2 heterocycles. The molecule has 1 amide bonds. The molecule has 4 rings (SSSR count). The molecule has 0 aliphatic heterocycles. The van der Waals surface area contributed by atoms with Gasteiger partial charge in [-0.05, 0) is 36.2 Å². The normalized spacial score (nSPS) is 11.4. The Bertz CT molecular complexity index is 1170. The Balaban J connectivity index is 2.06. The number of hydrogen-bond acceptors (Lipinski definition) is 4. The van der Waals surface area contributed by atoms with Gasteiger partial charge in [0.1, 0.15) is 16.6 Å². The fourth-order valence-corrected chi connectivity index (χ4v) is 2.98. The minimum Gasteiger partial charge on any atom is -0.455 e. The maximum atomic E-state index is 12.4. The first-order valence-corrected chi connectivity index (χ1v) is 7.76. The topological polar surface area (TPSA) is 72.5 Å². The van der Waals surface area contributed by atoms with E-state index < -0.39 is 5.63 Å². The molecule has 0 fully saturated rings. The van der Waals surface area contributed by atoms with Gasteiger partial charge in [-0.25, -0.2) is 4.79 Å². The van der Waals surface area contributed by atoms with E-state index in [4.69, 9.17) is 8.83 Å². The number of carbonyl (C=O) groups excluding carboxylic acids is 1. The molecule has 0 aliphatic carbocycles. The van der Waals surface area contributed by atoms with Crippen molar-refractivity contribution in [2.24, 2.45) is 0 Å². The molecule has 1 N–H and O–H groups in total.